The number of fused-ring (bicyclic) bond motifs is 9. The van der Waals surface area contributed by atoms with Gasteiger partial charge in [-0.25, -0.2) is 13.2 Å². The number of carbonyl (C=O) groups is 6. The molecule has 6 N–H and O–H groups in total. The zero-order valence-electron chi connectivity index (χ0n) is 53.3. The van der Waals surface area contributed by atoms with Crippen LogP contribution >= 0.6 is 0 Å². The molecule has 1 aliphatic carbocycles. The highest BCUT2D eigenvalue weighted by atomic mass is 32.2. The largest absolute Gasteiger partial charge is 0.744 e. The maximum absolute atomic E-state index is 13.8. The molecule has 0 spiro atoms. The summed E-state index contributed by atoms with van der Waals surface area (Å²) in [5.74, 6) is -3.40. The minimum Gasteiger partial charge on any atom is -0.744 e. The zero-order chi connectivity index (χ0) is 70.3. The molecule has 2 unspecified atom stereocenters. The quantitative estimate of drug-likeness (QED) is 0.0326. The molecular weight excluding hydrogens is 1350 g/mol. The summed E-state index contributed by atoms with van der Waals surface area (Å²) >= 11 is 0. The number of hydrogen-bond donors (Lipinski definition) is 6. The Hall–Kier alpha value is -7.07. The summed E-state index contributed by atoms with van der Waals surface area (Å²) < 4.78 is 181. The van der Waals surface area contributed by atoms with Gasteiger partial charge in [-0.15, -0.1) is 5.06 Å². The van der Waals surface area contributed by atoms with Gasteiger partial charge >= 0.3 is 5.97 Å². The lowest BCUT2D eigenvalue weighted by Crippen LogP contribution is -2.40. The van der Waals surface area contributed by atoms with Gasteiger partial charge in [0, 0.05) is 84.6 Å². The first-order chi connectivity index (χ1) is 44.9. The Morgan fingerprint density at radius 2 is 1.21 bits per heavy atom. The molecule has 26 nitrogen and oxygen atoms in total. The highest BCUT2D eigenvalue weighted by Gasteiger charge is 2.45. The number of nitrogens with zero attached hydrogens (tertiary/aromatic N) is 2. The second-order valence-electron chi connectivity index (χ2n) is 25.3. The third kappa shape index (κ3) is 18.0. The highest BCUT2D eigenvalue weighted by molar-refractivity contribution is 7.87. The van der Waals surface area contributed by atoms with Crippen LogP contribution in [-0.2, 0) is 95.0 Å². The van der Waals surface area contributed by atoms with Crippen molar-refractivity contribution in [2.75, 3.05) is 23.7 Å². The van der Waals surface area contributed by atoms with Crippen LogP contribution in [0.5, 0.6) is 0 Å². The summed E-state index contributed by atoms with van der Waals surface area (Å²) in [6, 6.07) is 8.48. The number of hydrogen-bond acceptors (Lipinski definition) is 19. The Morgan fingerprint density at radius 3 is 1.84 bits per heavy atom. The summed E-state index contributed by atoms with van der Waals surface area (Å²) in [6.07, 6.45) is 14.7. The number of Topliss-reactive ketones (excluding diaryl/α,β-unsaturated/α-hetero) is 1. The van der Waals surface area contributed by atoms with Gasteiger partial charge < -0.3 is 24.9 Å². The molecule has 8 rings (SSSR count). The minimum absolute atomic E-state index is 0.00991. The van der Waals surface area contributed by atoms with Gasteiger partial charge in [0.25, 0.3) is 52.3 Å². The van der Waals surface area contributed by atoms with Crippen LogP contribution in [0, 0.1) is 0 Å². The molecule has 31 heteroatoms. The first-order valence-corrected chi connectivity index (χ1v) is 39.0. The van der Waals surface area contributed by atoms with Gasteiger partial charge in [-0.1, -0.05) is 88.5 Å². The number of unbranched alkanes of at least 4 members (excludes halogenated alkanes) is 3. The van der Waals surface area contributed by atoms with Gasteiger partial charge in [-0.2, -0.15) is 33.7 Å². The molecule has 4 aliphatic rings. The van der Waals surface area contributed by atoms with Gasteiger partial charge in [-0.3, -0.25) is 42.2 Å². The molecule has 96 heavy (non-hydrogen) atoms. The van der Waals surface area contributed by atoms with E-state index < -0.39 is 111 Å². The molecule has 3 heterocycles. The first-order valence-electron chi connectivity index (χ1n) is 31.7. The van der Waals surface area contributed by atoms with E-state index in [1.807, 2.05) is 13.8 Å². The molecule has 0 saturated carbocycles. The zero-order valence-corrected chi connectivity index (χ0v) is 57.4. The molecule has 3 aliphatic heterocycles. The summed E-state index contributed by atoms with van der Waals surface area (Å²) in [5.41, 5.74) is 1.34. The standard InChI is InChI=1S/C65H80N4O22S5/c1-64(2)50-21-10-7-12-24-56-65(3,63-49-39-43(94(82,83)84)41-55(96(88,89)90)46(49)30-31-52(63)68(56)36-19-37-92(76,77)78)34-17-8-14-25-57(71)66-35-18-16-22-51(53(70)23-11-4-5-15-27-61(75)91-69-59(73)32-33-60(69)74)67-58(72)26-13-6-9-20-44(50)47-29-28-45-48(62(47)64)38-42(93(79,80)81)40-54(45)95(85,86)87/h7,10,12,21,24,28-31,38-41,51H,4-6,8-9,11,13-20,22-23,25-27,32-37H2,1-3H3,(H,66,71)(H,67,72)(H,76,77,78)(H,79,80,81)(H,82,83,84)(H,85,86,87)(H,88,89,90)/p-1/b12-7+,21-10+,56-24-. The third-order valence-electron chi connectivity index (χ3n) is 18.1. The van der Waals surface area contributed by atoms with E-state index in [9.17, 15) is 93.6 Å². The number of benzene rings is 4. The van der Waals surface area contributed by atoms with E-state index >= 15 is 0 Å². The average Bonchev–Trinajstić information content (AvgIpc) is 1.53. The van der Waals surface area contributed by atoms with E-state index in [0.29, 0.717) is 134 Å². The Kier molecular flexibility index (Phi) is 23.6. The van der Waals surface area contributed by atoms with E-state index in [4.69, 9.17) is 4.84 Å². The van der Waals surface area contributed by atoms with Crippen molar-refractivity contribution in [1.29, 1.82) is 0 Å². The van der Waals surface area contributed by atoms with Crippen LogP contribution in [-0.4, -0.2) is 130 Å². The molecular formula is C65H79N4O22S5-. The van der Waals surface area contributed by atoms with E-state index in [1.165, 1.54) is 18.2 Å². The van der Waals surface area contributed by atoms with Crippen LogP contribution in [0.25, 0.3) is 27.1 Å². The summed E-state index contributed by atoms with van der Waals surface area (Å²) in [6.45, 7) is 5.62. The number of rotatable bonds is 17. The number of ketones is 1. The molecule has 4 aromatic carbocycles. The van der Waals surface area contributed by atoms with E-state index in [-0.39, 0.29) is 110 Å². The molecule has 522 valence electrons. The van der Waals surface area contributed by atoms with Crippen LogP contribution in [0.2, 0.25) is 0 Å². The minimum atomic E-state index is -5.30. The highest BCUT2D eigenvalue weighted by Crippen LogP contribution is 2.55. The fourth-order valence-electron chi connectivity index (χ4n) is 13.5. The number of allylic oxidation sites excluding steroid dienone is 8. The van der Waals surface area contributed by atoms with E-state index in [1.54, 1.807) is 48.3 Å². The van der Waals surface area contributed by atoms with E-state index in [2.05, 4.69) is 10.6 Å². The average molecular weight is 1430 g/mol. The van der Waals surface area contributed by atoms with Crippen LogP contribution in [0.4, 0.5) is 5.69 Å². The Balaban J connectivity index is 1.14. The smallest absolute Gasteiger partial charge is 0.333 e. The van der Waals surface area contributed by atoms with Crippen molar-refractivity contribution in [3.8, 4) is 0 Å². The fraction of sp³-hybridized carbons (Fsp3) is 0.477. The van der Waals surface area contributed by atoms with Gasteiger partial charge in [-0.05, 0) is 153 Å². The summed E-state index contributed by atoms with van der Waals surface area (Å²) in [7, 11) is -25.2. The number of anilines is 1. The lowest BCUT2D eigenvalue weighted by Gasteiger charge is -2.31. The van der Waals surface area contributed by atoms with E-state index in [0.717, 1.165) is 17.7 Å². The third-order valence-corrected chi connectivity index (χ3v) is 22.3. The predicted octanol–water partition coefficient (Wildman–Crippen LogP) is 8.94. The maximum atomic E-state index is 13.8. The number of hydroxylamine groups is 2. The normalized spacial score (nSPS) is 21.5. The fourth-order valence-corrected chi connectivity index (χ4v) is 16.7. The SMILES string of the molecule is CC1(C)C2=C(CCCCCC(=O)NC(C(=O)CCCCCCC(=O)ON3C(=O)CCC3=O)CCCCNC(=O)CCCCCC3(C)/C(=C/C=C/C=C/2)N(CCCS(=O)(=O)O)c2ccc4c(S(=O)(=O)O)cc(S(=O)(=O)O)cc4c23)c2ccc3c(S(=O)(=O)O)cc(S(=O)(=O)[O-])cc3c21. The molecule has 4 amide bonds. The Labute approximate surface area is 558 Å². The van der Waals surface area contributed by atoms with Gasteiger partial charge in [0.05, 0.1) is 21.6 Å². The molecule has 2 atom stereocenters. The lowest BCUT2D eigenvalue weighted by atomic mass is 9.75. The van der Waals surface area contributed by atoms with Gasteiger partial charge in [0.1, 0.15) is 19.9 Å². The molecule has 0 aromatic heterocycles. The number of imide groups is 1. The van der Waals surface area contributed by atoms with Crippen molar-refractivity contribution >= 4 is 119 Å². The Morgan fingerprint density at radius 1 is 0.615 bits per heavy atom. The van der Waals surface area contributed by atoms with Crippen molar-refractivity contribution in [2.45, 2.75) is 198 Å². The molecule has 4 aromatic rings. The predicted molar refractivity (Wildman–Crippen MR) is 352 cm³/mol. The molecule has 0 bridgehead atoms. The first kappa shape index (κ1) is 74.7. The lowest BCUT2D eigenvalue weighted by molar-refractivity contribution is -0.197. The van der Waals surface area contributed by atoms with Gasteiger partial charge in [0.2, 0.25) is 11.8 Å². The Bertz CT molecular complexity index is 4480. The summed E-state index contributed by atoms with van der Waals surface area (Å²) in [5, 5.41) is 6.24. The van der Waals surface area contributed by atoms with Gasteiger partial charge in [0.15, 0.2) is 5.78 Å². The maximum Gasteiger partial charge on any atom is 0.333 e. The monoisotopic (exact) mass is 1430 g/mol. The topological polar surface area (TPSA) is 417 Å². The number of nitrogens with one attached hydrogen (secondary N) is 2. The summed E-state index contributed by atoms with van der Waals surface area (Å²) in [4.78, 5) is 80.1. The van der Waals surface area contributed by atoms with Crippen LogP contribution < -0.4 is 15.5 Å². The van der Waals surface area contributed by atoms with Crippen molar-refractivity contribution in [1.82, 2.24) is 15.7 Å². The van der Waals surface area contributed by atoms with Crippen molar-refractivity contribution < 1.29 is 98.5 Å². The van der Waals surface area contributed by atoms with Crippen molar-refractivity contribution in [2.24, 2.45) is 0 Å². The molecule has 0 radical (unpaired) electrons. The van der Waals surface area contributed by atoms with Crippen molar-refractivity contribution in [3.05, 3.63) is 107 Å². The number of amides is 4. The second kappa shape index (κ2) is 30.4. The molecule has 1 saturated heterocycles. The molecule has 1 fully saturated rings. The number of carbonyl (C=O) groups excluding carboxylic acids is 6. The van der Waals surface area contributed by atoms with Crippen LogP contribution in [0.3, 0.4) is 0 Å². The van der Waals surface area contributed by atoms with Crippen LogP contribution in [0.15, 0.2) is 110 Å². The van der Waals surface area contributed by atoms with Crippen LogP contribution in [0.1, 0.15) is 179 Å². The van der Waals surface area contributed by atoms with Crippen molar-refractivity contribution in [3.63, 3.8) is 0 Å². The second-order valence-corrected chi connectivity index (χ2v) is 32.5.